The summed E-state index contributed by atoms with van der Waals surface area (Å²) in [4.78, 5) is 8.78. The molecule has 0 fully saturated rings. The van der Waals surface area contributed by atoms with Gasteiger partial charge < -0.3 is 4.52 Å². The van der Waals surface area contributed by atoms with Crippen molar-refractivity contribution < 1.29 is 4.52 Å². The second kappa shape index (κ2) is 7.28. The number of nitrogens with zero attached hydrogens (tertiary/aromatic N) is 4. The molecule has 0 unspecified atom stereocenters. The van der Waals surface area contributed by atoms with Crippen molar-refractivity contribution in [1.29, 1.82) is 0 Å². The zero-order valence-electron chi connectivity index (χ0n) is 14.0. The van der Waals surface area contributed by atoms with Crippen molar-refractivity contribution >= 4 is 22.7 Å². The second-order valence-electron chi connectivity index (χ2n) is 5.55. The third-order valence-corrected chi connectivity index (χ3v) is 4.36. The standard InChI is InChI=1S/C19H15N5OS/c1-13-21-18(25-24-13)16-9-5-6-14(10-16)11-20-23-19-22-17(12-26-19)15-7-3-2-4-8-15/h2-12H,1H3,(H,22,23). The molecular formula is C19H15N5OS. The van der Waals surface area contributed by atoms with Crippen LogP contribution < -0.4 is 5.43 Å². The van der Waals surface area contributed by atoms with E-state index < -0.39 is 0 Å². The Morgan fingerprint density at radius 3 is 2.69 bits per heavy atom. The predicted octanol–water partition coefficient (Wildman–Crippen LogP) is 4.61. The maximum absolute atomic E-state index is 5.19. The van der Waals surface area contributed by atoms with E-state index >= 15 is 0 Å². The zero-order chi connectivity index (χ0) is 17.8. The highest BCUT2D eigenvalue weighted by Gasteiger charge is 2.06. The van der Waals surface area contributed by atoms with E-state index in [1.807, 2.05) is 60.0 Å². The van der Waals surface area contributed by atoms with Crippen LogP contribution in [0.25, 0.3) is 22.7 Å². The van der Waals surface area contributed by atoms with Crippen molar-refractivity contribution in [2.75, 3.05) is 5.43 Å². The third kappa shape index (κ3) is 3.68. The summed E-state index contributed by atoms with van der Waals surface area (Å²) in [5.41, 5.74) is 6.77. The molecular weight excluding hydrogens is 346 g/mol. The number of benzene rings is 2. The van der Waals surface area contributed by atoms with Crippen molar-refractivity contribution in [3.8, 4) is 22.7 Å². The lowest BCUT2D eigenvalue weighted by molar-refractivity contribution is 0.425. The number of rotatable bonds is 5. The van der Waals surface area contributed by atoms with Gasteiger partial charge in [0.1, 0.15) is 0 Å². The molecule has 2 aromatic carbocycles. The topological polar surface area (TPSA) is 76.2 Å². The van der Waals surface area contributed by atoms with Crippen molar-refractivity contribution in [3.05, 3.63) is 71.4 Å². The van der Waals surface area contributed by atoms with E-state index in [1.54, 1.807) is 13.1 Å². The van der Waals surface area contributed by atoms with Crippen LogP contribution >= 0.6 is 11.3 Å². The van der Waals surface area contributed by atoms with Crippen molar-refractivity contribution in [2.24, 2.45) is 5.10 Å². The van der Waals surface area contributed by atoms with E-state index in [-0.39, 0.29) is 0 Å². The monoisotopic (exact) mass is 361 g/mol. The van der Waals surface area contributed by atoms with Gasteiger partial charge in [-0.2, -0.15) is 10.1 Å². The smallest absolute Gasteiger partial charge is 0.257 e. The summed E-state index contributed by atoms with van der Waals surface area (Å²) < 4.78 is 5.19. The maximum Gasteiger partial charge on any atom is 0.257 e. The van der Waals surface area contributed by atoms with Gasteiger partial charge in [0.25, 0.3) is 5.89 Å². The van der Waals surface area contributed by atoms with Crippen LogP contribution in [-0.4, -0.2) is 21.3 Å². The average Bonchev–Trinajstić information content (AvgIpc) is 3.32. The first-order valence-electron chi connectivity index (χ1n) is 7.99. The number of nitrogens with one attached hydrogen (secondary N) is 1. The fourth-order valence-corrected chi connectivity index (χ4v) is 3.06. The van der Waals surface area contributed by atoms with Gasteiger partial charge in [-0.05, 0) is 24.6 Å². The number of aromatic nitrogens is 3. The quantitative estimate of drug-likeness (QED) is 0.415. The van der Waals surface area contributed by atoms with Crippen LogP contribution in [0, 0.1) is 6.92 Å². The van der Waals surface area contributed by atoms with Crippen LogP contribution in [0.5, 0.6) is 0 Å². The maximum atomic E-state index is 5.19. The highest BCUT2D eigenvalue weighted by molar-refractivity contribution is 7.14. The van der Waals surface area contributed by atoms with Crippen LogP contribution in [-0.2, 0) is 0 Å². The number of hydrogen-bond donors (Lipinski definition) is 1. The van der Waals surface area contributed by atoms with Gasteiger partial charge in [0.15, 0.2) is 5.82 Å². The molecule has 2 aromatic heterocycles. The van der Waals surface area contributed by atoms with Crippen LogP contribution in [0.3, 0.4) is 0 Å². The van der Waals surface area contributed by atoms with E-state index in [4.69, 9.17) is 4.52 Å². The van der Waals surface area contributed by atoms with Crippen LogP contribution in [0.1, 0.15) is 11.4 Å². The Bertz CT molecular complexity index is 1040. The summed E-state index contributed by atoms with van der Waals surface area (Å²) in [7, 11) is 0. The molecule has 0 spiro atoms. The van der Waals surface area contributed by atoms with Gasteiger partial charge in [0.2, 0.25) is 5.13 Å². The lowest BCUT2D eigenvalue weighted by Gasteiger charge is -1.98. The number of hydrogen-bond acceptors (Lipinski definition) is 7. The lowest BCUT2D eigenvalue weighted by Crippen LogP contribution is -1.91. The molecule has 0 bridgehead atoms. The first-order valence-corrected chi connectivity index (χ1v) is 8.87. The van der Waals surface area contributed by atoms with Crippen LogP contribution in [0.2, 0.25) is 0 Å². The fraction of sp³-hybridized carbons (Fsp3) is 0.0526. The zero-order valence-corrected chi connectivity index (χ0v) is 14.8. The Morgan fingerprint density at radius 1 is 1.04 bits per heavy atom. The summed E-state index contributed by atoms with van der Waals surface area (Å²) in [6.07, 6.45) is 1.73. The molecule has 0 radical (unpaired) electrons. The third-order valence-electron chi connectivity index (χ3n) is 3.61. The van der Waals surface area contributed by atoms with Gasteiger partial charge in [-0.1, -0.05) is 47.6 Å². The molecule has 128 valence electrons. The largest absolute Gasteiger partial charge is 0.334 e. The molecule has 4 rings (SSSR count). The summed E-state index contributed by atoms with van der Waals surface area (Å²) in [5, 5.41) is 10.8. The minimum atomic E-state index is 0.498. The Balaban J connectivity index is 1.45. The van der Waals surface area contributed by atoms with E-state index in [2.05, 4.69) is 25.7 Å². The average molecular weight is 361 g/mol. The van der Waals surface area contributed by atoms with Crippen LogP contribution in [0.4, 0.5) is 5.13 Å². The highest BCUT2D eigenvalue weighted by Crippen LogP contribution is 2.24. The molecule has 0 atom stereocenters. The fourth-order valence-electron chi connectivity index (χ4n) is 2.39. The molecule has 2 heterocycles. The number of thiazole rings is 1. The summed E-state index contributed by atoms with van der Waals surface area (Å²) in [5.74, 6) is 1.11. The minimum absolute atomic E-state index is 0.498. The minimum Gasteiger partial charge on any atom is -0.334 e. The van der Waals surface area contributed by atoms with Gasteiger partial charge >= 0.3 is 0 Å². The molecule has 7 heteroatoms. The summed E-state index contributed by atoms with van der Waals surface area (Å²) >= 11 is 1.51. The Morgan fingerprint density at radius 2 is 1.88 bits per heavy atom. The van der Waals surface area contributed by atoms with E-state index in [1.165, 1.54) is 11.3 Å². The molecule has 26 heavy (non-hydrogen) atoms. The van der Waals surface area contributed by atoms with Gasteiger partial charge in [-0.25, -0.2) is 4.98 Å². The normalized spacial score (nSPS) is 11.1. The van der Waals surface area contributed by atoms with E-state index in [9.17, 15) is 0 Å². The Hall–Kier alpha value is -3.32. The molecule has 6 nitrogen and oxygen atoms in total. The molecule has 0 aliphatic rings. The molecule has 0 aliphatic heterocycles. The van der Waals surface area contributed by atoms with Gasteiger partial charge in [0, 0.05) is 16.5 Å². The number of anilines is 1. The lowest BCUT2D eigenvalue weighted by atomic mass is 10.1. The SMILES string of the molecule is Cc1noc(-c2cccc(C=NNc3nc(-c4ccccc4)cs3)c2)n1. The molecule has 1 N–H and O–H groups in total. The summed E-state index contributed by atoms with van der Waals surface area (Å²) in [6, 6.07) is 17.8. The predicted molar refractivity (Wildman–Crippen MR) is 103 cm³/mol. The van der Waals surface area contributed by atoms with E-state index in [0.29, 0.717) is 11.7 Å². The number of aryl methyl sites for hydroxylation is 1. The summed E-state index contributed by atoms with van der Waals surface area (Å²) in [6.45, 7) is 1.79. The molecule has 0 aliphatic carbocycles. The number of hydrazone groups is 1. The molecule has 0 saturated carbocycles. The first kappa shape index (κ1) is 16.2. The van der Waals surface area contributed by atoms with Crippen molar-refractivity contribution in [2.45, 2.75) is 6.92 Å². The first-order chi connectivity index (χ1) is 12.8. The van der Waals surface area contributed by atoms with E-state index in [0.717, 1.165) is 27.5 Å². The van der Waals surface area contributed by atoms with Crippen LogP contribution in [0.15, 0.2) is 69.6 Å². The Kier molecular flexibility index (Phi) is 4.53. The molecule has 0 amide bonds. The highest BCUT2D eigenvalue weighted by atomic mass is 32.1. The second-order valence-corrected chi connectivity index (χ2v) is 6.40. The molecule has 4 aromatic rings. The Labute approximate surface area is 154 Å². The molecule has 0 saturated heterocycles. The van der Waals surface area contributed by atoms with Gasteiger partial charge in [0.05, 0.1) is 11.9 Å². The van der Waals surface area contributed by atoms with Gasteiger partial charge in [-0.3, -0.25) is 5.43 Å². The van der Waals surface area contributed by atoms with Crippen molar-refractivity contribution in [3.63, 3.8) is 0 Å². The van der Waals surface area contributed by atoms with Gasteiger partial charge in [-0.15, -0.1) is 11.3 Å². The van der Waals surface area contributed by atoms with Crippen molar-refractivity contribution in [1.82, 2.24) is 15.1 Å².